The highest BCUT2D eigenvalue weighted by Gasteiger charge is 2.25. The Balaban J connectivity index is 1.98. The van der Waals surface area contributed by atoms with E-state index >= 15 is 0 Å². The standard InChI is InChI=1S/C24H31ClN2O2S/c1-18(2)15-26-24(29)19(3)27(16-20-9-11-22(25)12-10-20)23(28)13-14-30-17-21-7-5-4-6-8-21/h4-12,18-19H,13-17H2,1-3H3,(H,26,29)/t19-/m1/s1. The second-order valence-electron chi connectivity index (χ2n) is 7.75. The molecule has 0 saturated carbocycles. The van der Waals surface area contributed by atoms with Crippen molar-refractivity contribution in [2.75, 3.05) is 12.3 Å². The van der Waals surface area contributed by atoms with Crippen LogP contribution in [0.25, 0.3) is 0 Å². The summed E-state index contributed by atoms with van der Waals surface area (Å²) in [5, 5.41) is 3.59. The second-order valence-corrected chi connectivity index (χ2v) is 9.29. The van der Waals surface area contributed by atoms with Gasteiger partial charge in [0.05, 0.1) is 0 Å². The Morgan fingerprint density at radius 2 is 1.67 bits per heavy atom. The SMILES string of the molecule is CC(C)CNC(=O)[C@@H](C)N(Cc1ccc(Cl)cc1)C(=O)CCSCc1ccccc1. The van der Waals surface area contributed by atoms with Crippen LogP contribution < -0.4 is 5.32 Å². The predicted octanol–water partition coefficient (Wildman–Crippen LogP) is 5.15. The first-order valence-electron chi connectivity index (χ1n) is 10.3. The maximum Gasteiger partial charge on any atom is 0.242 e. The highest BCUT2D eigenvalue weighted by molar-refractivity contribution is 7.98. The van der Waals surface area contributed by atoms with Gasteiger partial charge in [0.15, 0.2) is 0 Å². The van der Waals surface area contributed by atoms with Crippen LogP contribution in [0.1, 0.15) is 38.3 Å². The van der Waals surface area contributed by atoms with E-state index in [9.17, 15) is 9.59 Å². The average molecular weight is 447 g/mol. The lowest BCUT2D eigenvalue weighted by molar-refractivity contribution is -0.140. The first-order valence-corrected chi connectivity index (χ1v) is 11.8. The highest BCUT2D eigenvalue weighted by atomic mass is 35.5. The highest BCUT2D eigenvalue weighted by Crippen LogP contribution is 2.17. The van der Waals surface area contributed by atoms with Gasteiger partial charge in [-0.15, -0.1) is 0 Å². The summed E-state index contributed by atoms with van der Waals surface area (Å²) < 4.78 is 0. The first kappa shape index (κ1) is 24.3. The van der Waals surface area contributed by atoms with Crippen molar-refractivity contribution in [1.82, 2.24) is 10.2 Å². The Morgan fingerprint density at radius 3 is 2.30 bits per heavy atom. The molecule has 0 saturated heterocycles. The van der Waals surface area contributed by atoms with Crippen LogP contribution >= 0.6 is 23.4 Å². The molecule has 30 heavy (non-hydrogen) atoms. The number of benzene rings is 2. The number of rotatable bonds is 11. The fraction of sp³-hybridized carbons (Fsp3) is 0.417. The summed E-state index contributed by atoms with van der Waals surface area (Å²) in [5.41, 5.74) is 2.20. The number of carbonyl (C=O) groups is 2. The van der Waals surface area contributed by atoms with Crippen LogP contribution in [-0.2, 0) is 21.9 Å². The monoisotopic (exact) mass is 446 g/mol. The molecular formula is C24H31ClN2O2S. The van der Waals surface area contributed by atoms with Crippen molar-refractivity contribution >= 4 is 35.2 Å². The third kappa shape index (κ3) is 8.41. The zero-order chi connectivity index (χ0) is 21.9. The van der Waals surface area contributed by atoms with Gasteiger partial charge in [-0.2, -0.15) is 11.8 Å². The Kier molecular flexibility index (Phi) is 10.2. The van der Waals surface area contributed by atoms with Crippen molar-refractivity contribution in [3.05, 3.63) is 70.7 Å². The Morgan fingerprint density at radius 1 is 1.00 bits per heavy atom. The molecule has 2 amide bonds. The molecule has 0 aliphatic heterocycles. The Labute approximate surface area is 189 Å². The van der Waals surface area contributed by atoms with E-state index in [0.717, 1.165) is 11.3 Å². The van der Waals surface area contributed by atoms with Crippen LogP contribution in [0.5, 0.6) is 0 Å². The lowest BCUT2D eigenvalue weighted by Crippen LogP contribution is -2.48. The zero-order valence-corrected chi connectivity index (χ0v) is 19.5. The van der Waals surface area contributed by atoms with E-state index in [-0.39, 0.29) is 11.8 Å². The number of hydrogen-bond donors (Lipinski definition) is 1. The smallest absolute Gasteiger partial charge is 0.242 e. The molecule has 2 aromatic rings. The van der Waals surface area contributed by atoms with E-state index in [4.69, 9.17) is 11.6 Å². The predicted molar refractivity (Wildman–Crippen MR) is 127 cm³/mol. The normalized spacial score (nSPS) is 11.9. The van der Waals surface area contributed by atoms with Crippen molar-refractivity contribution in [1.29, 1.82) is 0 Å². The van der Waals surface area contributed by atoms with Crippen LogP contribution in [0, 0.1) is 5.92 Å². The minimum atomic E-state index is -0.536. The van der Waals surface area contributed by atoms with Crippen molar-refractivity contribution in [3.63, 3.8) is 0 Å². The van der Waals surface area contributed by atoms with Crippen LogP contribution in [0.3, 0.4) is 0 Å². The maximum atomic E-state index is 13.0. The fourth-order valence-electron chi connectivity index (χ4n) is 2.89. The van der Waals surface area contributed by atoms with Gasteiger partial charge >= 0.3 is 0 Å². The number of thioether (sulfide) groups is 1. The minimum Gasteiger partial charge on any atom is -0.354 e. The van der Waals surface area contributed by atoms with Crippen LogP contribution in [0.15, 0.2) is 54.6 Å². The van der Waals surface area contributed by atoms with E-state index in [2.05, 4.69) is 17.4 Å². The molecule has 0 radical (unpaired) electrons. The fourth-order valence-corrected chi connectivity index (χ4v) is 3.91. The molecule has 0 heterocycles. The number of halogens is 1. The van der Waals surface area contributed by atoms with Gasteiger partial charge in [0.2, 0.25) is 11.8 Å². The van der Waals surface area contributed by atoms with Crippen LogP contribution in [0.4, 0.5) is 0 Å². The van der Waals surface area contributed by atoms with Crippen molar-refractivity contribution in [2.24, 2.45) is 5.92 Å². The quantitative estimate of drug-likeness (QED) is 0.485. The van der Waals surface area contributed by atoms with Crippen LogP contribution in [0.2, 0.25) is 5.02 Å². The molecule has 1 atom stereocenters. The molecule has 6 heteroatoms. The molecule has 0 aromatic heterocycles. The molecular weight excluding hydrogens is 416 g/mol. The van der Waals surface area contributed by atoms with E-state index in [1.54, 1.807) is 35.7 Å². The summed E-state index contributed by atoms with van der Waals surface area (Å²) in [6.07, 6.45) is 0.396. The van der Waals surface area contributed by atoms with Gasteiger partial charge in [-0.05, 0) is 36.1 Å². The van der Waals surface area contributed by atoms with Gasteiger partial charge in [-0.25, -0.2) is 0 Å². The van der Waals surface area contributed by atoms with E-state index < -0.39 is 6.04 Å². The third-order valence-electron chi connectivity index (χ3n) is 4.69. The number of amides is 2. The maximum absolute atomic E-state index is 13.0. The molecule has 0 unspecified atom stereocenters. The minimum absolute atomic E-state index is 0.0160. The Hall–Kier alpha value is -1.98. The average Bonchev–Trinajstić information content (AvgIpc) is 2.74. The molecule has 4 nitrogen and oxygen atoms in total. The van der Waals surface area contributed by atoms with Gasteiger partial charge in [0.1, 0.15) is 6.04 Å². The molecule has 0 spiro atoms. The molecule has 0 aliphatic rings. The summed E-state index contributed by atoms with van der Waals surface area (Å²) in [4.78, 5) is 27.3. The van der Waals surface area contributed by atoms with Gasteiger partial charge in [-0.1, -0.05) is 67.9 Å². The third-order valence-corrected chi connectivity index (χ3v) is 5.97. The summed E-state index contributed by atoms with van der Waals surface area (Å²) in [6.45, 7) is 6.87. The molecule has 0 aliphatic carbocycles. The second kappa shape index (κ2) is 12.7. The van der Waals surface area contributed by atoms with Gasteiger partial charge in [-0.3, -0.25) is 9.59 Å². The zero-order valence-electron chi connectivity index (χ0n) is 17.9. The van der Waals surface area contributed by atoms with Gasteiger partial charge in [0.25, 0.3) is 0 Å². The van der Waals surface area contributed by atoms with E-state index in [1.165, 1.54) is 5.56 Å². The molecule has 1 N–H and O–H groups in total. The summed E-state index contributed by atoms with van der Waals surface area (Å²) in [7, 11) is 0. The number of nitrogens with one attached hydrogen (secondary N) is 1. The molecule has 0 bridgehead atoms. The lowest BCUT2D eigenvalue weighted by Gasteiger charge is -2.29. The Bertz CT molecular complexity index is 797. The van der Waals surface area contributed by atoms with Crippen LogP contribution in [-0.4, -0.2) is 35.1 Å². The summed E-state index contributed by atoms with van der Waals surface area (Å²) in [6, 6.07) is 17.1. The van der Waals surface area contributed by atoms with Gasteiger partial charge < -0.3 is 10.2 Å². The topological polar surface area (TPSA) is 49.4 Å². The van der Waals surface area contributed by atoms with E-state index in [1.807, 2.05) is 44.2 Å². The lowest BCUT2D eigenvalue weighted by atomic mass is 10.1. The van der Waals surface area contributed by atoms with Crippen molar-refractivity contribution in [2.45, 2.75) is 45.5 Å². The number of carbonyl (C=O) groups excluding carboxylic acids is 2. The number of hydrogen-bond acceptors (Lipinski definition) is 3. The first-order chi connectivity index (χ1) is 14.4. The molecule has 2 rings (SSSR count). The largest absolute Gasteiger partial charge is 0.354 e. The van der Waals surface area contributed by atoms with Crippen molar-refractivity contribution in [3.8, 4) is 0 Å². The summed E-state index contributed by atoms with van der Waals surface area (Å²) >= 11 is 7.71. The van der Waals surface area contributed by atoms with Crippen molar-refractivity contribution < 1.29 is 9.59 Å². The van der Waals surface area contributed by atoms with Gasteiger partial charge in [0, 0.05) is 36.0 Å². The molecule has 2 aromatic carbocycles. The molecule has 0 fully saturated rings. The van der Waals surface area contributed by atoms with E-state index in [0.29, 0.717) is 36.2 Å². The number of nitrogens with zero attached hydrogens (tertiary/aromatic N) is 1. The summed E-state index contributed by atoms with van der Waals surface area (Å²) in [5.74, 6) is 1.80. The molecule has 162 valence electrons.